The van der Waals surface area contributed by atoms with Crippen molar-refractivity contribution in [2.75, 3.05) is 13.1 Å². The minimum absolute atomic E-state index is 0.116. The fraction of sp³-hybridized carbons (Fsp3) is 0.870. The van der Waals surface area contributed by atoms with Crippen molar-refractivity contribution in [3.8, 4) is 0 Å². The number of hydrogen-bond acceptors (Lipinski definition) is 3. The normalized spacial score (nSPS) is 15.8. The van der Waals surface area contributed by atoms with Gasteiger partial charge in [0.1, 0.15) is 5.84 Å². The zero-order valence-electron chi connectivity index (χ0n) is 17.7. The summed E-state index contributed by atoms with van der Waals surface area (Å²) < 4.78 is 0. The fourth-order valence-electron chi connectivity index (χ4n) is 3.70. The number of aliphatic imine (C=N–C) groups is 1. The summed E-state index contributed by atoms with van der Waals surface area (Å²) in [6.07, 6.45) is 25.1. The van der Waals surface area contributed by atoms with Crippen LogP contribution in [0, 0.1) is 0 Å². The number of allylic oxidation sites excluding steroid dienone is 2. The maximum Gasteiger partial charge on any atom is 0.100 e. The van der Waals surface area contributed by atoms with E-state index in [1.807, 2.05) is 0 Å². The third kappa shape index (κ3) is 11.7. The number of hydrogen-bond donors (Lipinski definition) is 1. The lowest BCUT2D eigenvalue weighted by molar-refractivity contribution is 0.358. The van der Waals surface area contributed by atoms with Crippen LogP contribution in [0.1, 0.15) is 110 Å². The molecule has 0 aromatic heterocycles. The molecule has 0 saturated carbocycles. The van der Waals surface area contributed by atoms with E-state index in [1.165, 1.54) is 95.7 Å². The third-order valence-electron chi connectivity index (χ3n) is 5.37. The molecule has 0 aromatic carbocycles. The van der Waals surface area contributed by atoms with Crippen LogP contribution in [0.2, 0.25) is 0 Å². The molecular formula is C23H45N3. The van der Waals surface area contributed by atoms with Crippen LogP contribution in [0.4, 0.5) is 0 Å². The van der Waals surface area contributed by atoms with Gasteiger partial charge in [0.05, 0.1) is 12.7 Å². The Bertz CT molecular complexity index is 374. The molecule has 0 bridgehead atoms. The van der Waals surface area contributed by atoms with Gasteiger partial charge in [0.25, 0.3) is 0 Å². The van der Waals surface area contributed by atoms with E-state index in [0.29, 0.717) is 0 Å². The van der Waals surface area contributed by atoms with Crippen LogP contribution in [0.15, 0.2) is 17.1 Å². The highest BCUT2D eigenvalue weighted by molar-refractivity contribution is 5.83. The van der Waals surface area contributed by atoms with Crippen molar-refractivity contribution in [2.24, 2.45) is 10.7 Å². The van der Waals surface area contributed by atoms with Crippen molar-refractivity contribution in [1.29, 1.82) is 0 Å². The van der Waals surface area contributed by atoms with E-state index in [-0.39, 0.29) is 6.17 Å². The van der Waals surface area contributed by atoms with Crippen molar-refractivity contribution in [2.45, 2.75) is 116 Å². The smallest absolute Gasteiger partial charge is 0.100 e. The summed E-state index contributed by atoms with van der Waals surface area (Å²) in [6, 6.07) is 0. The van der Waals surface area contributed by atoms with Gasteiger partial charge >= 0.3 is 0 Å². The molecule has 1 aliphatic heterocycles. The van der Waals surface area contributed by atoms with Gasteiger partial charge in [-0.2, -0.15) is 0 Å². The van der Waals surface area contributed by atoms with Crippen LogP contribution >= 0.6 is 0 Å². The summed E-state index contributed by atoms with van der Waals surface area (Å²) >= 11 is 0. The minimum Gasteiger partial charge on any atom is -0.343 e. The summed E-state index contributed by atoms with van der Waals surface area (Å²) in [5.74, 6) is 1.25. The molecular weight excluding hydrogens is 318 g/mol. The highest BCUT2D eigenvalue weighted by Crippen LogP contribution is 2.14. The highest BCUT2D eigenvalue weighted by atomic mass is 15.3. The van der Waals surface area contributed by atoms with E-state index in [0.717, 1.165) is 19.5 Å². The van der Waals surface area contributed by atoms with Crippen molar-refractivity contribution in [3.05, 3.63) is 12.2 Å². The molecule has 1 unspecified atom stereocenters. The van der Waals surface area contributed by atoms with Crippen molar-refractivity contribution in [1.82, 2.24) is 4.90 Å². The molecule has 1 rings (SSSR count). The molecule has 0 fully saturated rings. The molecule has 1 aliphatic rings. The average Bonchev–Trinajstić information content (AvgIpc) is 3.10. The third-order valence-corrected chi connectivity index (χ3v) is 5.37. The molecule has 0 amide bonds. The van der Waals surface area contributed by atoms with Crippen LogP contribution in [-0.2, 0) is 0 Å². The minimum atomic E-state index is 0.116. The quantitative estimate of drug-likeness (QED) is 0.239. The summed E-state index contributed by atoms with van der Waals surface area (Å²) in [7, 11) is 0. The zero-order valence-corrected chi connectivity index (χ0v) is 17.7. The first kappa shape index (κ1) is 23.2. The maximum absolute atomic E-state index is 5.99. The number of unbranched alkanes of at least 4 members (excludes halogenated alkanes) is 12. The van der Waals surface area contributed by atoms with Gasteiger partial charge in [-0.3, -0.25) is 4.99 Å². The van der Waals surface area contributed by atoms with E-state index in [4.69, 9.17) is 5.73 Å². The van der Waals surface area contributed by atoms with Crippen LogP contribution in [0.3, 0.4) is 0 Å². The Morgan fingerprint density at radius 2 is 1.42 bits per heavy atom. The Kier molecular flexibility index (Phi) is 14.6. The second kappa shape index (κ2) is 16.4. The standard InChI is InChI=1S/C23H45N3/c1-3-4-5-6-7-8-9-10-11-12-13-14-15-16-17-18-19-23-25-20-21-26(23)22(2)24/h10-11,22H,3-9,12-21,24H2,1-2H3. The average molecular weight is 364 g/mol. The van der Waals surface area contributed by atoms with Crippen molar-refractivity contribution in [3.63, 3.8) is 0 Å². The molecule has 2 N–H and O–H groups in total. The Morgan fingerprint density at radius 3 is 2.00 bits per heavy atom. The molecule has 0 saturated heterocycles. The largest absolute Gasteiger partial charge is 0.343 e. The lowest BCUT2D eigenvalue weighted by atomic mass is 10.1. The fourth-order valence-corrected chi connectivity index (χ4v) is 3.70. The van der Waals surface area contributed by atoms with Gasteiger partial charge < -0.3 is 10.6 Å². The van der Waals surface area contributed by atoms with Gasteiger partial charge in [-0.05, 0) is 39.0 Å². The first-order valence-corrected chi connectivity index (χ1v) is 11.5. The lowest BCUT2D eigenvalue weighted by Gasteiger charge is -2.24. The van der Waals surface area contributed by atoms with Gasteiger partial charge in [-0.25, -0.2) is 0 Å². The second-order valence-corrected chi connectivity index (χ2v) is 7.92. The van der Waals surface area contributed by atoms with Crippen LogP contribution in [-0.4, -0.2) is 30.0 Å². The summed E-state index contributed by atoms with van der Waals surface area (Å²) in [4.78, 5) is 6.86. The number of amidine groups is 1. The monoisotopic (exact) mass is 363 g/mol. The van der Waals surface area contributed by atoms with Gasteiger partial charge in [-0.1, -0.05) is 76.9 Å². The molecule has 0 aliphatic carbocycles. The Morgan fingerprint density at radius 1 is 0.885 bits per heavy atom. The predicted molar refractivity (Wildman–Crippen MR) is 117 cm³/mol. The van der Waals surface area contributed by atoms with Gasteiger partial charge in [0, 0.05) is 13.0 Å². The SMILES string of the molecule is CCCCCCCCC=CCCCCCCCCC1=NCCN1C(C)N. The predicted octanol–water partition coefficient (Wildman–Crippen LogP) is 6.43. The summed E-state index contributed by atoms with van der Waals surface area (Å²) in [5.41, 5.74) is 5.99. The second-order valence-electron chi connectivity index (χ2n) is 7.92. The van der Waals surface area contributed by atoms with Crippen LogP contribution in [0.5, 0.6) is 0 Å². The Balaban J connectivity index is 1.81. The van der Waals surface area contributed by atoms with E-state index in [2.05, 4.69) is 35.9 Å². The highest BCUT2D eigenvalue weighted by Gasteiger charge is 2.18. The first-order valence-electron chi connectivity index (χ1n) is 11.5. The molecule has 26 heavy (non-hydrogen) atoms. The van der Waals surface area contributed by atoms with E-state index < -0.39 is 0 Å². The van der Waals surface area contributed by atoms with Gasteiger partial charge in [-0.15, -0.1) is 0 Å². The van der Waals surface area contributed by atoms with Crippen LogP contribution < -0.4 is 5.73 Å². The van der Waals surface area contributed by atoms with E-state index in [1.54, 1.807) is 0 Å². The zero-order chi connectivity index (χ0) is 18.9. The van der Waals surface area contributed by atoms with Gasteiger partial charge in [0.15, 0.2) is 0 Å². The topological polar surface area (TPSA) is 41.6 Å². The number of nitrogens with zero attached hydrogens (tertiary/aromatic N) is 2. The van der Waals surface area contributed by atoms with Crippen LogP contribution in [0.25, 0.3) is 0 Å². The Labute approximate surface area is 163 Å². The molecule has 1 heterocycles. The van der Waals surface area contributed by atoms with Gasteiger partial charge in [0.2, 0.25) is 0 Å². The van der Waals surface area contributed by atoms with Crippen molar-refractivity contribution >= 4 is 5.84 Å². The number of rotatable bonds is 17. The first-order chi connectivity index (χ1) is 12.8. The summed E-state index contributed by atoms with van der Waals surface area (Å²) in [6.45, 7) is 6.29. The van der Waals surface area contributed by atoms with E-state index in [9.17, 15) is 0 Å². The van der Waals surface area contributed by atoms with Crippen molar-refractivity contribution < 1.29 is 0 Å². The molecule has 152 valence electrons. The molecule has 3 heteroatoms. The molecule has 0 aromatic rings. The number of nitrogens with two attached hydrogens (primary N) is 1. The molecule has 1 atom stereocenters. The summed E-state index contributed by atoms with van der Waals surface area (Å²) in [5, 5.41) is 0. The Hall–Kier alpha value is -0.830. The molecule has 3 nitrogen and oxygen atoms in total. The molecule has 0 radical (unpaired) electrons. The lowest BCUT2D eigenvalue weighted by Crippen LogP contribution is -2.41. The van der Waals surface area contributed by atoms with E-state index >= 15 is 0 Å². The maximum atomic E-state index is 5.99. The molecule has 0 spiro atoms.